The van der Waals surface area contributed by atoms with Gasteiger partial charge in [0, 0.05) is 19.0 Å². The number of morpholine rings is 1. The van der Waals surface area contributed by atoms with E-state index in [-0.39, 0.29) is 11.9 Å². The Morgan fingerprint density at radius 1 is 1.60 bits per heavy atom. The highest BCUT2D eigenvalue weighted by Crippen LogP contribution is 2.20. The summed E-state index contributed by atoms with van der Waals surface area (Å²) in [5.41, 5.74) is 0. The van der Waals surface area contributed by atoms with Crippen LogP contribution in [0.4, 0.5) is 0 Å². The van der Waals surface area contributed by atoms with Gasteiger partial charge in [0.1, 0.15) is 6.10 Å². The van der Waals surface area contributed by atoms with Gasteiger partial charge in [0.05, 0.1) is 6.61 Å². The van der Waals surface area contributed by atoms with Gasteiger partial charge in [0.25, 0.3) is 0 Å². The van der Waals surface area contributed by atoms with Gasteiger partial charge in [-0.05, 0) is 6.42 Å². The van der Waals surface area contributed by atoms with Gasteiger partial charge in [-0.1, -0.05) is 0 Å². The molecule has 1 N–H and O–H groups in total. The van der Waals surface area contributed by atoms with Crippen molar-refractivity contribution in [2.45, 2.75) is 25.0 Å². The predicted molar refractivity (Wildman–Crippen MR) is 35.8 cm³/mol. The average Bonchev–Trinajstić information content (AvgIpc) is 2.34. The van der Waals surface area contributed by atoms with E-state index in [0.717, 1.165) is 13.0 Å². The van der Waals surface area contributed by atoms with Gasteiger partial charge in [-0.15, -0.1) is 0 Å². The quantitative estimate of drug-likeness (QED) is 0.503. The molecule has 0 aromatic carbocycles. The van der Waals surface area contributed by atoms with E-state index in [0.29, 0.717) is 19.1 Å². The molecule has 2 atom stereocenters. The first kappa shape index (κ1) is 6.31. The average molecular weight is 141 g/mol. The summed E-state index contributed by atoms with van der Waals surface area (Å²) in [7, 11) is 0. The number of hydrogen-bond donors (Lipinski definition) is 1. The van der Waals surface area contributed by atoms with Crippen LogP contribution in [0.2, 0.25) is 0 Å². The molecule has 1 aliphatic carbocycles. The Balaban J connectivity index is 2.08. The highest BCUT2D eigenvalue weighted by molar-refractivity contribution is 5.86. The second kappa shape index (κ2) is 2.32. The summed E-state index contributed by atoms with van der Waals surface area (Å²) < 4.78 is 5.30. The molecule has 1 saturated heterocycles. The molecule has 0 amide bonds. The fourth-order valence-corrected chi connectivity index (χ4v) is 1.66. The van der Waals surface area contributed by atoms with Crippen LogP contribution in [0.3, 0.4) is 0 Å². The van der Waals surface area contributed by atoms with Crippen LogP contribution < -0.4 is 5.32 Å². The summed E-state index contributed by atoms with van der Waals surface area (Å²) in [5, 5.41) is 3.27. The van der Waals surface area contributed by atoms with Gasteiger partial charge >= 0.3 is 0 Å². The lowest BCUT2D eigenvalue weighted by molar-refractivity contribution is -0.129. The van der Waals surface area contributed by atoms with Crippen LogP contribution in [0.25, 0.3) is 0 Å². The van der Waals surface area contributed by atoms with Crippen molar-refractivity contribution in [3.05, 3.63) is 0 Å². The number of Topliss-reactive ketones (excluding diaryl/α,β-unsaturated/α-hetero) is 1. The first-order valence-electron chi connectivity index (χ1n) is 3.75. The van der Waals surface area contributed by atoms with Crippen LogP contribution in [0.1, 0.15) is 12.8 Å². The zero-order valence-electron chi connectivity index (χ0n) is 5.80. The van der Waals surface area contributed by atoms with Crippen LogP contribution in [0.15, 0.2) is 0 Å². The number of ketones is 1. The van der Waals surface area contributed by atoms with Gasteiger partial charge in [-0.3, -0.25) is 4.79 Å². The van der Waals surface area contributed by atoms with Crippen LogP contribution in [0.5, 0.6) is 0 Å². The van der Waals surface area contributed by atoms with Crippen molar-refractivity contribution in [3.63, 3.8) is 0 Å². The lowest BCUT2D eigenvalue weighted by atomic mass is 10.2. The van der Waals surface area contributed by atoms with E-state index in [1.165, 1.54) is 0 Å². The molecular weight excluding hydrogens is 130 g/mol. The van der Waals surface area contributed by atoms with Crippen molar-refractivity contribution in [2.75, 3.05) is 13.2 Å². The van der Waals surface area contributed by atoms with Crippen LogP contribution in [-0.4, -0.2) is 31.1 Å². The van der Waals surface area contributed by atoms with Crippen LogP contribution in [0, 0.1) is 0 Å². The van der Waals surface area contributed by atoms with Gasteiger partial charge < -0.3 is 10.1 Å². The first-order chi connectivity index (χ1) is 4.88. The molecule has 10 heavy (non-hydrogen) atoms. The summed E-state index contributed by atoms with van der Waals surface area (Å²) >= 11 is 0. The second-order valence-corrected chi connectivity index (χ2v) is 2.86. The summed E-state index contributed by atoms with van der Waals surface area (Å²) in [6.45, 7) is 1.58. The maximum absolute atomic E-state index is 11.0. The highest BCUT2D eigenvalue weighted by Gasteiger charge is 2.36. The molecule has 2 rings (SSSR count). The SMILES string of the molecule is O=C1CCC2NCCOC12. The zero-order valence-corrected chi connectivity index (χ0v) is 5.80. The van der Waals surface area contributed by atoms with Crippen molar-refractivity contribution in [1.82, 2.24) is 5.32 Å². The molecule has 56 valence electrons. The molecule has 3 nitrogen and oxygen atoms in total. The lowest BCUT2D eigenvalue weighted by Crippen LogP contribution is -2.47. The standard InChI is InChI=1S/C7H11NO2/c9-6-2-1-5-7(6)10-4-3-8-5/h5,7-8H,1-4H2. The normalized spacial score (nSPS) is 39.8. The molecule has 0 spiro atoms. The van der Waals surface area contributed by atoms with Crippen molar-refractivity contribution in [3.8, 4) is 0 Å². The minimum absolute atomic E-state index is 0.117. The summed E-state index contributed by atoms with van der Waals surface area (Å²) in [6.07, 6.45) is 1.54. The van der Waals surface area contributed by atoms with E-state index in [1.54, 1.807) is 0 Å². The Kier molecular flexibility index (Phi) is 1.47. The predicted octanol–water partition coefficient (Wildman–Crippen LogP) is -0.294. The zero-order chi connectivity index (χ0) is 6.97. The van der Waals surface area contributed by atoms with Crippen molar-refractivity contribution in [1.29, 1.82) is 0 Å². The summed E-state index contributed by atoms with van der Waals surface area (Å²) in [4.78, 5) is 11.0. The number of fused-ring (bicyclic) bond motifs is 1. The molecule has 2 fully saturated rings. The van der Waals surface area contributed by atoms with Gasteiger partial charge in [0.2, 0.25) is 0 Å². The van der Waals surface area contributed by atoms with E-state index in [9.17, 15) is 4.79 Å². The molecule has 2 unspecified atom stereocenters. The van der Waals surface area contributed by atoms with Crippen molar-refractivity contribution in [2.24, 2.45) is 0 Å². The van der Waals surface area contributed by atoms with E-state index >= 15 is 0 Å². The molecule has 2 aliphatic rings. The minimum Gasteiger partial charge on any atom is -0.367 e. The number of hydrogen-bond acceptors (Lipinski definition) is 3. The Labute approximate surface area is 59.7 Å². The van der Waals surface area contributed by atoms with Crippen molar-refractivity contribution >= 4 is 5.78 Å². The monoisotopic (exact) mass is 141 g/mol. The summed E-state index contributed by atoms with van der Waals surface area (Å²) in [5.74, 6) is 0.275. The third-order valence-corrected chi connectivity index (χ3v) is 2.19. The lowest BCUT2D eigenvalue weighted by Gasteiger charge is -2.25. The topological polar surface area (TPSA) is 38.3 Å². The Hall–Kier alpha value is -0.410. The minimum atomic E-state index is -0.117. The fourth-order valence-electron chi connectivity index (χ4n) is 1.66. The van der Waals surface area contributed by atoms with E-state index < -0.39 is 0 Å². The number of carbonyl (C=O) groups is 1. The number of nitrogens with one attached hydrogen (secondary N) is 1. The van der Waals surface area contributed by atoms with Crippen molar-refractivity contribution < 1.29 is 9.53 Å². The van der Waals surface area contributed by atoms with Gasteiger partial charge in [0.15, 0.2) is 5.78 Å². The fraction of sp³-hybridized carbons (Fsp3) is 0.857. The van der Waals surface area contributed by atoms with Crippen LogP contribution in [-0.2, 0) is 9.53 Å². The Morgan fingerprint density at radius 2 is 2.50 bits per heavy atom. The largest absolute Gasteiger partial charge is 0.367 e. The molecule has 1 saturated carbocycles. The molecule has 0 bridgehead atoms. The number of rotatable bonds is 0. The third-order valence-electron chi connectivity index (χ3n) is 2.19. The van der Waals surface area contributed by atoms with Crippen LogP contribution >= 0.6 is 0 Å². The first-order valence-corrected chi connectivity index (χ1v) is 3.75. The van der Waals surface area contributed by atoms with Gasteiger partial charge in [-0.25, -0.2) is 0 Å². The molecule has 0 aromatic rings. The van der Waals surface area contributed by atoms with E-state index in [1.807, 2.05) is 0 Å². The smallest absolute Gasteiger partial charge is 0.163 e. The molecule has 1 aliphatic heterocycles. The molecule has 0 aromatic heterocycles. The van der Waals surface area contributed by atoms with E-state index in [2.05, 4.69) is 5.32 Å². The highest BCUT2D eigenvalue weighted by atomic mass is 16.5. The molecule has 1 heterocycles. The van der Waals surface area contributed by atoms with E-state index in [4.69, 9.17) is 4.74 Å². The Morgan fingerprint density at radius 3 is 3.30 bits per heavy atom. The summed E-state index contributed by atoms with van der Waals surface area (Å²) in [6, 6.07) is 0.321. The maximum Gasteiger partial charge on any atom is 0.163 e. The molecular formula is C7H11NO2. The third kappa shape index (κ3) is 0.859. The molecule has 0 radical (unpaired) electrons. The maximum atomic E-state index is 11.0. The molecule has 3 heteroatoms. The number of ether oxygens (including phenoxy) is 1. The Bertz CT molecular complexity index is 158. The number of carbonyl (C=O) groups excluding carboxylic acids is 1. The second-order valence-electron chi connectivity index (χ2n) is 2.86. The van der Waals surface area contributed by atoms with Gasteiger partial charge in [-0.2, -0.15) is 0 Å².